The van der Waals surface area contributed by atoms with Gasteiger partial charge in [-0.25, -0.2) is 0 Å². The zero-order valence-corrected chi connectivity index (χ0v) is 11.6. The summed E-state index contributed by atoms with van der Waals surface area (Å²) in [6, 6.07) is 7.09. The van der Waals surface area contributed by atoms with Crippen molar-refractivity contribution in [3.8, 4) is 0 Å². The van der Waals surface area contributed by atoms with Crippen LogP contribution in [0.15, 0.2) is 43.0 Å². The van der Waals surface area contributed by atoms with Crippen LogP contribution in [-0.4, -0.2) is 30.7 Å². The molecule has 0 aliphatic rings. The first kappa shape index (κ1) is 13.5. The Kier molecular flexibility index (Phi) is 3.53. The summed E-state index contributed by atoms with van der Waals surface area (Å²) in [6.45, 7) is 0. The van der Waals surface area contributed by atoms with Crippen LogP contribution in [0.5, 0.6) is 0 Å². The predicted octanol–water partition coefficient (Wildman–Crippen LogP) is 2.19. The van der Waals surface area contributed by atoms with Crippen molar-refractivity contribution in [1.29, 1.82) is 0 Å². The fourth-order valence-corrected chi connectivity index (χ4v) is 2.31. The van der Waals surface area contributed by atoms with Crippen LogP contribution in [0.3, 0.4) is 0 Å². The number of halogens is 1. The van der Waals surface area contributed by atoms with Gasteiger partial charge in [0.25, 0.3) is 0 Å². The van der Waals surface area contributed by atoms with E-state index in [1.165, 1.54) is 6.33 Å². The number of carboxylic acids is 1. The minimum Gasteiger partial charge on any atom is -0.481 e. The van der Waals surface area contributed by atoms with Crippen LogP contribution in [-0.2, 0) is 11.2 Å². The van der Waals surface area contributed by atoms with E-state index in [0.29, 0.717) is 22.8 Å². The van der Waals surface area contributed by atoms with Gasteiger partial charge in [0, 0.05) is 17.4 Å². The van der Waals surface area contributed by atoms with Crippen LogP contribution in [0.1, 0.15) is 17.2 Å². The lowest BCUT2D eigenvalue weighted by Gasteiger charge is -2.12. The highest BCUT2D eigenvalue weighted by Crippen LogP contribution is 2.23. The van der Waals surface area contributed by atoms with Crippen molar-refractivity contribution >= 4 is 23.2 Å². The van der Waals surface area contributed by atoms with Gasteiger partial charge < -0.3 is 5.11 Å². The van der Waals surface area contributed by atoms with Crippen LogP contribution in [0, 0.1) is 0 Å². The fourth-order valence-electron chi connectivity index (χ4n) is 2.18. The number of carbonyl (C=O) groups is 1. The molecule has 106 valence electrons. The summed E-state index contributed by atoms with van der Waals surface area (Å²) in [7, 11) is 0. The Bertz CT molecular complexity index is 785. The van der Waals surface area contributed by atoms with Crippen molar-refractivity contribution < 1.29 is 9.90 Å². The van der Waals surface area contributed by atoms with E-state index in [-0.39, 0.29) is 0 Å². The molecule has 0 spiro atoms. The zero-order valence-electron chi connectivity index (χ0n) is 10.8. The van der Waals surface area contributed by atoms with Gasteiger partial charge in [0.05, 0.1) is 0 Å². The van der Waals surface area contributed by atoms with E-state index in [1.54, 1.807) is 28.9 Å². The Hall–Kier alpha value is -2.47. The summed E-state index contributed by atoms with van der Waals surface area (Å²) in [4.78, 5) is 15.8. The van der Waals surface area contributed by atoms with Crippen molar-refractivity contribution in [2.45, 2.75) is 12.3 Å². The largest absolute Gasteiger partial charge is 0.481 e. The number of hydrogen-bond donors (Lipinski definition) is 1. The normalized spacial score (nSPS) is 12.4. The second-order valence-electron chi connectivity index (χ2n) is 4.60. The van der Waals surface area contributed by atoms with Gasteiger partial charge in [-0.15, -0.1) is 10.2 Å². The molecule has 3 aromatic rings. The summed E-state index contributed by atoms with van der Waals surface area (Å²) < 4.78 is 1.65. The van der Waals surface area contributed by atoms with Crippen LogP contribution < -0.4 is 0 Å². The van der Waals surface area contributed by atoms with Crippen LogP contribution in [0.2, 0.25) is 5.02 Å². The van der Waals surface area contributed by atoms with Gasteiger partial charge in [0.15, 0.2) is 5.65 Å². The van der Waals surface area contributed by atoms with Crippen LogP contribution in [0.25, 0.3) is 5.65 Å². The molecule has 7 heteroatoms. The SMILES string of the molecule is O=C(O)C(Cc1ccc(Cl)cc1)c1nccn2cnnc12. The van der Waals surface area contributed by atoms with E-state index >= 15 is 0 Å². The Morgan fingerprint density at radius 2 is 2.10 bits per heavy atom. The van der Waals surface area contributed by atoms with Crippen molar-refractivity contribution in [1.82, 2.24) is 19.6 Å². The summed E-state index contributed by atoms with van der Waals surface area (Å²) in [5.74, 6) is -1.74. The van der Waals surface area contributed by atoms with E-state index in [0.717, 1.165) is 5.56 Å². The van der Waals surface area contributed by atoms with E-state index in [4.69, 9.17) is 11.6 Å². The van der Waals surface area contributed by atoms with Gasteiger partial charge in [0.1, 0.15) is 17.9 Å². The number of nitrogens with zero attached hydrogens (tertiary/aromatic N) is 4. The molecule has 1 aromatic carbocycles. The second kappa shape index (κ2) is 5.49. The van der Waals surface area contributed by atoms with Crippen molar-refractivity contribution in [3.05, 3.63) is 59.3 Å². The molecular weight excluding hydrogens is 292 g/mol. The van der Waals surface area contributed by atoms with Crippen LogP contribution in [0.4, 0.5) is 0 Å². The molecule has 1 N–H and O–H groups in total. The summed E-state index contributed by atoms with van der Waals surface area (Å²) >= 11 is 5.84. The molecule has 21 heavy (non-hydrogen) atoms. The van der Waals surface area contributed by atoms with Gasteiger partial charge in [-0.2, -0.15) is 0 Å². The number of aliphatic carboxylic acids is 1. The lowest BCUT2D eigenvalue weighted by molar-refractivity contribution is -0.138. The Balaban J connectivity index is 2.00. The number of fused-ring (bicyclic) bond motifs is 1. The molecule has 0 radical (unpaired) electrons. The quantitative estimate of drug-likeness (QED) is 0.799. The molecule has 3 rings (SSSR count). The van der Waals surface area contributed by atoms with E-state index < -0.39 is 11.9 Å². The number of benzene rings is 1. The second-order valence-corrected chi connectivity index (χ2v) is 5.03. The van der Waals surface area contributed by atoms with Crippen LogP contribution >= 0.6 is 11.6 Å². The molecule has 0 aliphatic carbocycles. The first-order valence-corrected chi connectivity index (χ1v) is 6.64. The minimum atomic E-state index is -0.950. The lowest BCUT2D eigenvalue weighted by atomic mass is 9.96. The molecule has 1 atom stereocenters. The third kappa shape index (κ3) is 2.71. The average molecular weight is 303 g/mol. The highest BCUT2D eigenvalue weighted by molar-refractivity contribution is 6.30. The third-order valence-electron chi connectivity index (χ3n) is 3.22. The van der Waals surface area contributed by atoms with E-state index in [9.17, 15) is 9.90 Å². The summed E-state index contributed by atoms with van der Waals surface area (Å²) in [6.07, 6.45) is 5.05. The maximum absolute atomic E-state index is 11.6. The van der Waals surface area contributed by atoms with Gasteiger partial charge in [0.2, 0.25) is 0 Å². The molecule has 0 fully saturated rings. The molecule has 6 nitrogen and oxygen atoms in total. The lowest BCUT2D eigenvalue weighted by Crippen LogP contribution is -2.17. The number of aromatic nitrogens is 4. The number of hydrogen-bond acceptors (Lipinski definition) is 4. The molecule has 0 saturated heterocycles. The molecule has 2 aromatic heterocycles. The number of carboxylic acid groups (broad SMARTS) is 1. The fraction of sp³-hybridized carbons (Fsp3) is 0.143. The van der Waals surface area contributed by atoms with E-state index in [2.05, 4.69) is 15.2 Å². The van der Waals surface area contributed by atoms with Gasteiger partial charge in [-0.3, -0.25) is 14.2 Å². The van der Waals surface area contributed by atoms with Crippen molar-refractivity contribution in [3.63, 3.8) is 0 Å². The standard InChI is InChI=1S/C14H11ClN4O2/c15-10-3-1-9(2-4-10)7-11(14(20)21)12-13-18-17-8-19(13)6-5-16-12/h1-6,8,11H,7H2,(H,20,21). The maximum atomic E-state index is 11.6. The Morgan fingerprint density at radius 3 is 2.81 bits per heavy atom. The van der Waals surface area contributed by atoms with Crippen molar-refractivity contribution in [2.24, 2.45) is 0 Å². The molecule has 1 unspecified atom stereocenters. The predicted molar refractivity (Wildman–Crippen MR) is 76.3 cm³/mol. The van der Waals surface area contributed by atoms with Crippen molar-refractivity contribution in [2.75, 3.05) is 0 Å². The summed E-state index contributed by atoms with van der Waals surface area (Å²) in [5, 5.41) is 17.9. The summed E-state index contributed by atoms with van der Waals surface area (Å²) in [5.41, 5.74) is 1.73. The third-order valence-corrected chi connectivity index (χ3v) is 3.48. The highest BCUT2D eigenvalue weighted by atomic mass is 35.5. The zero-order chi connectivity index (χ0) is 14.8. The molecular formula is C14H11ClN4O2. The topological polar surface area (TPSA) is 80.4 Å². The monoisotopic (exact) mass is 302 g/mol. The average Bonchev–Trinajstić information content (AvgIpc) is 2.95. The van der Waals surface area contributed by atoms with E-state index in [1.807, 2.05) is 12.1 Å². The molecule has 2 heterocycles. The Labute approximate surface area is 125 Å². The maximum Gasteiger partial charge on any atom is 0.313 e. The molecule has 0 bridgehead atoms. The molecule has 0 saturated carbocycles. The number of rotatable bonds is 4. The molecule has 0 amide bonds. The van der Waals surface area contributed by atoms with Gasteiger partial charge in [-0.1, -0.05) is 23.7 Å². The molecule has 0 aliphatic heterocycles. The van der Waals surface area contributed by atoms with Gasteiger partial charge >= 0.3 is 5.97 Å². The first-order chi connectivity index (χ1) is 10.1. The minimum absolute atomic E-state index is 0.312. The highest BCUT2D eigenvalue weighted by Gasteiger charge is 2.25. The Morgan fingerprint density at radius 1 is 1.33 bits per heavy atom. The van der Waals surface area contributed by atoms with Gasteiger partial charge in [-0.05, 0) is 24.1 Å². The smallest absolute Gasteiger partial charge is 0.313 e. The first-order valence-electron chi connectivity index (χ1n) is 6.26.